The van der Waals surface area contributed by atoms with Crippen LogP contribution in [0, 0.1) is 0 Å². The molecular weight excluding hydrogens is 320 g/mol. The zero-order valence-corrected chi connectivity index (χ0v) is 14.6. The van der Waals surface area contributed by atoms with Gasteiger partial charge in [-0.3, -0.25) is 9.69 Å². The van der Waals surface area contributed by atoms with E-state index < -0.39 is 9.84 Å². The van der Waals surface area contributed by atoms with Crippen molar-refractivity contribution in [3.63, 3.8) is 0 Å². The van der Waals surface area contributed by atoms with E-state index in [1.807, 2.05) is 22.4 Å². The van der Waals surface area contributed by atoms with Gasteiger partial charge in [0, 0.05) is 24.0 Å². The highest BCUT2D eigenvalue weighted by Crippen LogP contribution is 2.21. The van der Waals surface area contributed by atoms with Crippen molar-refractivity contribution < 1.29 is 13.2 Å². The number of nitrogens with zero attached hydrogens (tertiary/aromatic N) is 1. The number of nitrogens with one attached hydrogen (secondary N) is 1. The van der Waals surface area contributed by atoms with E-state index in [0.29, 0.717) is 19.5 Å². The SMILES string of the molecule is CCCCNC(=O)CN(Cc1cccs1)[C@H]1CCS(=O)(=O)C1. The van der Waals surface area contributed by atoms with Gasteiger partial charge in [-0.1, -0.05) is 19.4 Å². The van der Waals surface area contributed by atoms with Crippen LogP contribution >= 0.6 is 11.3 Å². The van der Waals surface area contributed by atoms with Gasteiger partial charge >= 0.3 is 0 Å². The van der Waals surface area contributed by atoms with Gasteiger partial charge in [0.05, 0.1) is 18.1 Å². The second kappa shape index (κ2) is 8.08. The number of hydrogen-bond acceptors (Lipinski definition) is 5. The summed E-state index contributed by atoms with van der Waals surface area (Å²) in [5, 5.41) is 4.91. The summed E-state index contributed by atoms with van der Waals surface area (Å²) >= 11 is 1.64. The summed E-state index contributed by atoms with van der Waals surface area (Å²) in [6.45, 7) is 3.67. The Kier molecular flexibility index (Phi) is 6.40. The number of carbonyl (C=O) groups excluding carboxylic acids is 1. The summed E-state index contributed by atoms with van der Waals surface area (Å²) in [6.07, 6.45) is 2.63. The molecule has 2 rings (SSSR count). The van der Waals surface area contributed by atoms with Gasteiger partial charge in [0.25, 0.3) is 0 Å². The minimum Gasteiger partial charge on any atom is -0.355 e. The predicted molar refractivity (Wildman–Crippen MR) is 89.7 cm³/mol. The van der Waals surface area contributed by atoms with E-state index in [2.05, 4.69) is 12.2 Å². The van der Waals surface area contributed by atoms with Gasteiger partial charge in [-0.05, 0) is 24.3 Å². The third-order valence-electron chi connectivity index (χ3n) is 3.86. The molecule has 1 aliphatic rings. The molecule has 1 amide bonds. The Morgan fingerprint density at radius 2 is 2.32 bits per heavy atom. The van der Waals surface area contributed by atoms with Gasteiger partial charge in [-0.2, -0.15) is 0 Å². The zero-order chi connectivity index (χ0) is 16.0. The largest absolute Gasteiger partial charge is 0.355 e. The fraction of sp³-hybridized carbons (Fsp3) is 0.667. The van der Waals surface area contributed by atoms with Crippen molar-refractivity contribution in [1.82, 2.24) is 10.2 Å². The van der Waals surface area contributed by atoms with E-state index in [1.165, 1.54) is 0 Å². The zero-order valence-electron chi connectivity index (χ0n) is 13.0. The molecule has 1 aromatic heterocycles. The molecule has 0 spiro atoms. The molecule has 0 radical (unpaired) electrons. The van der Waals surface area contributed by atoms with Gasteiger partial charge in [-0.15, -0.1) is 11.3 Å². The maximum absolute atomic E-state index is 12.1. The molecule has 0 unspecified atom stereocenters. The van der Waals surface area contributed by atoms with Gasteiger partial charge in [0.1, 0.15) is 0 Å². The molecule has 124 valence electrons. The molecule has 0 aliphatic carbocycles. The Morgan fingerprint density at radius 1 is 1.50 bits per heavy atom. The van der Waals surface area contributed by atoms with E-state index in [4.69, 9.17) is 0 Å². The standard InChI is InChI=1S/C15H24N2O3S2/c1-2-3-7-16-15(18)11-17(10-14-5-4-8-21-14)13-6-9-22(19,20)12-13/h4-5,8,13H,2-3,6-7,9-12H2,1H3,(H,16,18)/t13-/m0/s1. The first-order chi connectivity index (χ1) is 10.5. The molecule has 2 heterocycles. The van der Waals surface area contributed by atoms with Gasteiger partial charge < -0.3 is 5.32 Å². The van der Waals surface area contributed by atoms with Crippen LogP contribution in [0.5, 0.6) is 0 Å². The molecular formula is C15H24N2O3S2. The van der Waals surface area contributed by atoms with Crippen molar-refractivity contribution in [3.05, 3.63) is 22.4 Å². The molecule has 0 saturated carbocycles. The van der Waals surface area contributed by atoms with Crippen LogP contribution in [0.3, 0.4) is 0 Å². The molecule has 1 atom stereocenters. The van der Waals surface area contributed by atoms with Crippen LogP contribution in [0.1, 0.15) is 31.1 Å². The van der Waals surface area contributed by atoms with Crippen LogP contribution in [0.15, 0.2) is 17.5 Å². The van der Waals surface area contributed by atoms with E-state index in [1.54, 1.807) is 11.3 Å². The van der Waals surface area contributed by atoms with Crippen LogP contribution < -0.4 is 5.32 Å². The van der Waals surface area contributed by atoms with Crippen molar-refractivity contribution in [2.45, 2.75) is 38.8 Å². The third-order valence-corrected chi connectivity index (χ3v) is 6.47. The second-order valence-corrected chi connectivity index (χ2v) is 9.01. The van der Waals surface area contributed by atoms with Crippen LogP contribution in [0.4, 0.5) is 0 Å². The van der Waals surface area contributed by atoms with E-state index in [0.717, 1.165) is 17.7 Å². The number of thiophene rings is 1. The highest BCUT2D eigenvalue weighted by atomic mass is 32.2. The minimum absolute atomic E-state index is 0.0192. The number of sulfone groups is 1. The Labute approximate surface area is 136 Å². The number of rotatable bonds is 8. The second-order valence-electron chi connectivity index (χ2n) is 5.74. The number of amides is 1. The Bertz CT molecular complexity index is 570. The molecule has 1 saturated heterocycles. The fourth-order valence-electron chi connectivity index (χ4n) is 2.63. The fourth-order valence-corrected chi connectivity index (χ4v) is 5.12. The lowest BCUT2D eigenvalue weighted by atomic mass is 10.2. The summed E-state index contributed by atoms with van der Waals surface area (Å²) in [4.78, 5) is 15.2. The molecule has 1 N–H and O–H groups in total. The number of hydrogen-bond donors (Lipinski definition) is 1. The third kappa shape index (κ3) is 5.37. The molecule has 1 aliphatic heterocycles. The minimum atomic E-state index is -2.95. The normalized spacial score (nSPS) is 20.4. The topological polar surface area (TPSA) is 66.5 Å². The summed E-state index contributed by atoms with van der Waals surface area (Å²) in [5.74, 6) is 0.380. The van der Waals surface area contributed by atoms with E-state index in [-0.39, 0.29) is 30.0 Å². The van der Waals surface area contributed by atoms with E-state index >= 15 is 0 Å². The molecule has 7 heteroatoms. The number of unbranched alkanes of at least 4 members (excludes halogenated alkanes) is 1. The highest BCUT2D eigenvalue weighted by Gasteiger charge is 2.33. The predicted octanol–water partition coefficient (Wildman–Crippen LogP) is 1.65. The van der Waals surface area contributed by atoms with Gasteiger partial charge in [0.15, 0.2) is 9.84 Å². The molecule has 22 heavy (non-hydrogen) atoms. The first-order valence-corrected chi connectivity index (χ1v) is 10.4. The van der Waals surface area contributed by atoms with Crippen molar-refractivity contribution in [2.24, 2.45) is 0 Å². The molecule has 1 aromatic rings. The Morgan fingerprint density at radius 3 is 2.91 bits per heavy atom. The average Bonchev–Trinajstić information content (AvgIpc) is 3.07. The molecule has 5 nitrogen and oxygen atoms in total. The molecule has 0 bridgehead atoms. The van der Waals surface area contributed by atoms with Gasteiger partial charge in [0.2, 0.25) is 5.91 Å². The lowest BCUT2D eigenvalue weighted by molar-refractivity contribution is -0.122. The highest BCUT2D eigenvalue weighted by molar-refractivity contribution is 7.91. The summed E-state index contributed by atoms with van der Waals surface area (Å²) in [6, 6.07) is 3.95. The van der Waals surface area contributed by atoms with Crippen molar-refractivity contribution in [1.29, 1.82) is 0 Å². The van der Waals surface area contributed by atoms with Crippen LogP contribution in [0.25, 0.3) is 0 Å². The smallest absolute Gasteiger partial charge is 0.234 e. The van der Waals surface area contributed by atoms with Crippen LogP contribution in [0.2, 0.25) is 0 Å². The lowest BCUT2D eigenvalue weighted by Gasteiger charge is -2.26. The van der Waals surface area contributed by atoms with Crippen molar-refractivity contribution >= 4 is 27.1 Å². The van der Waals surface area contributed by atoms with Crippen molar-refractivity contribution in [2.75, 3.05) is 24.6 Å². The molecule has 0 aromatic carbocycles. The van der Waals surface area contributed by atoms with Gasteiger partial charge in [-0.25, -0.2) is 8.42 Å². The van der Waals surface area contributed by atoms with Crippen molar-refractivity contribution in [3.8, 4) is 0 Å². The number of carbonyl (C=O) groups is 1. The van der Waals surface area contributed by atoms with Crippen LogP contribution in [-0.2, 0) is 21.2 Å². The Hall–Kier alpha value is -0.920. The maximum atomic E-state index is 12.1. The average molecular weight is 345 g/mol. The Balaban J connectivity index is 1.97. The maximum Gasteiger partial charge on any atom is 0.234 e. The first kappa shape index (κ1) is 17.4. The monoisotopic (exact) mass is 344 g/mol. The van der Waals surface area contributed by atoms with Crippen LogP contribution in [-0.4, -0.2) is 49.9 Å². The van der Waals surface area contributed by atoms with E-state index in [9.17, 15) is 13.2 Å². The summed E-state index contributed by atoms with van der Waals surface area (Å²) in [7, 11) is -2.95. The summed E-state index contributed by atoms with van der Waals surface area (Å²) in [5.41, 5.74) is 0. The first-order valence-electron chi connectivity index (χ1n) is 7.73. The quantitative estimate of drug-likeness (QED) is 0.728. The molecule has 1 fully saturated rings. The summed E-state index contributed by atoms with van der Waals surface area (Å²) < 4.78 is 23.4. The lowest BCUT2D eigenvalue weighted by Crippen LogP contribution is -2.43.